The lowest BCUT2D eigenvalue weighted by molar-refractivity contribution is 0.0459. The molecule has 0 aliphatic rings. The lowest BCUT2D eigenvalue weighted by Gasteiger charge is -2.11. The van der Waals surface area contributed by atoms with E-state index < -0.39 is 16.0 Å². The number of aromatic nitrogens is 2. The number of benzene rings is 2. The summed E-state index contributed by atoms with van der Waals surface area (Å²) in [5.41, 5.74) is 1.36. The molecule has 0 aliphatic carbocycles. The minimum absolute atomic E-state index is 0.0957. The molecule has 0 unspecified atom stereocenters. The quantitative estimate of drug-likeness (QED) is 0.480. The van der Waals surface area contributed by atoms with Gasteiger partial charge in [-0.25, -0.2) is 22.5 Å². The summed E-state index contributed by atoms with van der Waals surface area (Å²) in [4.78, 5) is 17.1. The molecular formula is C20H21Cl2N3O4S. The number of carbonyl (C=O) groups is 1. The topological polar surface area (TPSA) is 81.5 Å². The molecule has 30 heavy (non-hydrogen) atoms. The van der Waals surface area contributed by atoms with E-state index in [-0.39, 0.29) is 27.1 Å². The number of esters is 1. The van der Waals surface area contributed by atoms with Gasteiger partial charge in [0.1, 0.15) is 12.4 Å². The number of fused-ring (bicyclic) bond motifs is 1. The van der Waals surface area contributed by atoms with Gasteiger partial charge in [0, 0.05) is 20.6 Å². The summed E-state index contributed by atoms with van der Waals surface area (Å²) in [5.74, 6) is -0.153. The first-order valence-corrected chi connectivity index (χ1v) is 11.4. The molecule has 0 aliphatic heterocycles. The number of hydrogen-bond acceptors (Lipinski definition) is 5. The van der Waals surface area contributed by atoms with E-state index in [1.165, 1.54) is 20.2 Å². The molecule has 0 N–H and O–H groups in total. The summed E-state index contributed by atoms with van der Waals surface area (Å²) in [5, 5.41) is 0.404. The van der Waals surface area contributed by atoms with Gasteiger partial charge in [-0.2, -0.15) is 0 Å². The molecular weight excluding hydrogens is 449 g/mol. The maximum Gasteiger partial charge on any atom is 0.341 e. The summed E-state index contributed by atoms with van der Waals surface area (Å²) in [7, 11) is -0.642. The van der Waals surface area contributed by atoms with Crippen LogP contribution in [0.1, 0.15) is 29.5 Å². The largest absolute Gasteiger partial charge is 0.454 e. The number of halogens is 2. The van der Waals surface area contributed by atoms with Gasteiger partial charge in [-0.3, -0.25) is 0 Å². The SMILES string of the molecule is CCCn1c(COC(=O)c2c(Cl)cccc2Cl)nc2cc(S(=O)(=O)N(C)C)ccc21. The number of aryl methyl sites for hydroxylation is 1. The van der Waals surface area contributed by atoms with Crippen molar-refractivity contribution in [1.82, 2.24) is 13.9 Å². The van der Waals surface area contributed by atoms with E-state index in [2.05, 4.69) is 4.98 Å². The Morgan fingerprint density at radius 1 is 1.17 bits per heavy atom. The second-order valence-corrected chi connectivity index (χ2v) is 9.76. The number of sulfonamides is 1. The van der Waals surface area contributed by atoms with Crippen LogP contribution < -0.4 is 0 Å². The van der Waals surface area contributed by atoms with Crippen molar-refractivity contribution in [1.29, 1.82) is 0 Å². The van der Waals surface area contributed by atoms with Crippen LogP contribution in [0.3, 0.4) is 0 Å². The number of nitrogens with zero attached hydrogens (tertiary/aromatic N) is 3. The maximum atomic E-state index is 12.5. The molecule has 1 heterocycles. The normalized spacial score (nSPS) is 11.9. The van der Waals surface area contributed by atoms with Crippen LogP contribution in [-0.2, 0) is 27.9 Å². The number of rotatable bonds is 7. The standard InChI is InChI=1S/C20H21Cl2N3O4S/c1-4-10-25-17-9-8-13(30(27,28)24(2)3)11-16(17)23-18(25)12-29-20(26)19-14(21)6-5-7-15(19)22/h5-9,11H,4,10,12H2,1-3H3. The predicted octanol–water partition coefficient (Wildman–Crippen LogP) is 4.36. The molecule has 0 fully saturated rings. The molecule has 0 amide bonds. The molecule has 3 aromatic rings. The molecule has 7 nitrogen and oxygen atoms in total. The monoisotopic (exact) mass is 469 g/mol. The van der Waals surface area contributed by atoms with Gasteiger partial charge in [-0.05, 0) is 36.8 Å². The fourth-order valence-electron chi connectivity index (χ4n) is 3.01. The lowest BCUT2D eigenvalue weighted by atomic mass is 10.2. The molecule has 0 radical (unpaired) electrons. The fraction of sp³-hybridized carbons (Fsp3) is 0.300. The van der Waals surface area contributed by atoms with Gasteiger partial charge >= 0.3 is 5.97 Å². The third kappa shape index (κ3) is 4.32. The number of imidazole rings is 1. The molecule has 0 atom stereocenters. The molecule has 160 valence electrons. The molecule has 10 heteroatoms. The Morgan fingerprint density at radius 3 is 2.43 bits per heavy atom. The van der Waals surface area contributed by atoms with Gasteiger partial charge in [-0.1, -0.05) is 36.2 Å². The van der Waals surface area contributed by atoms with Crippen molar-refractivity contribution in [2.24, 2.45) is 0 Å². The highest BCUT2D eigenvalue weighted by Gasteiger charge is 2.21. The van der Waals surface area contributed by atoms with Crippen LogP contribution in [0, 0.1) is 0 Å². The summed E-state index contributed by atoms with van der Waals surface area (Å²) in [6.45, 7) is 2.54. The number of ether oxygens (including phenoxy) is 1. The summed E-state index contributed by atoms with van der Waals surface area (Å²) in [6, 6.07) is 9.54. The highest BCUT2D eigenvalue weighted by atomic mass is 35.5. The lowest BCUT2D eigenvalue weighted by Crippen LogP contribution is -2.22. The Morgan fingerprint density at radius 2 is 1.83 bits per heavy atom. The first-order valence-electron chi connectivity index (χ1n) is 9.19. The molecule has 0 spiro atoms. The Bertz CT molecular complexity index is 1190. The Labute approximate surface area is 185 Å². The number of hydrogen-bond donors (Lipinski definition) is 0. The van der Waals surface area contributed by atoms with Crippen LogP contribution in [0.25, 0.3) is 11.0 Å². The summed E-state index contributed by atoms with van der Waals surface area (Å²) >= 11 is 12.1. The van der Waals surface area contributed by atoms with Gasteiger partial charge in [0.15, 0.2) is 0 Å². The average molecular weight is 470 g/mol. The predicted molar refractivity (Wildman–Crippen MR) is 116 cm³/mol. The first kappa shape index (κ1) is 22.6. The van der Waals surface area contributed by atoms with Crippen LogP contribution in [0.5, 0.6) is 0 Å². The smallest absolute Gasteiger partial charge is 0.341 e. The van der Waals surface area contributed by atoms with Crippen LogP contribution in [0.4, 0.5) is 0 Å². The van der Waals surface area contributed by atoms with Crippen molar-refractivity contribution in [3.05, 3.63) is 57.8 Å². The van der Waals surface area contributed by atoms with Crippen LogP contribution in [-0.4, -0.2) is 42.3 Å². The summed E-state index contributed by atoms with van der Waals surface area (Å²) in [6.07, 6.45) is 0.820. The van der Waals surface area contributed by atoms with Crippen LogP contribution >= 0.6 is 23.2 Å². The maximum absolute atomic E-state index is 12.5. The van der Waals surface area contributed by atoms with Crippen LogP contribution in [0.2, 0.25) is 10.0 Å². The fourth-order valence-corrected chi connectivity index (χ4v) is 4.48. The molecule has 0 saturated carbocycles. The second kappa shape index (κ2) is 8.93. The van der Waals surface area contributed by atoms with E-state index in [9.17, 15) is 13.2 Å². The Balaban J connectivity index is 1.95. The minimum atomic E-state index is -3.59. The van der Waals surface area contributed by atoms with Gasteiger partial charge in [-0.15, -0.1) is 0 Å². The zero-order chi connectivity index (χ0) is 22.1. The zero-order valence-electron chi connectivity index (χ0n) is 16.7. The van der Waals surface area contributed by atoms with Crippen LogP contribution in [0.15, 0.2) is 41.3 Å². The van der Waals surface area contributed by atoms with E-state index in [1.807, 2.05) is 11.5 Å². The minimum Gasteiger partial charge on any atom is -0.454 e. The molecule has 0 saturated heterocycles. The van der Waals surface area contributed by atoms with Crippen molar-refractivity contribution in [3.8, 4) is 0 Å². The van der Waals surface area contributed by atoms with Crippen molar-refractivity contribution in [3.63, 3.8) is 0 Å². The van der Waals surface area contributed by atoms with Crippen molar-refractivity contribution < 1.29 is 17.9 Å². The van der Waals surface area contributed by atoms with Gasteiger partial charge in [0.25, 0.3) is 0 Å². The van der Waals surface area contributed by atoms with E-state index in [0.717, 1.165) is 16.2 Å². The highest BCUT2D eigenvalue weighted by molar-refractivity contribution is 7.89. The van der Waals surface area contributed by atoms with Gasteiger partial charge in [0.2, 0.25) is 10.0 Å². The van der Waals surface area contributed by atoms with Crippen molar-refractivity contribution in [2.75, 3.05) is 14.1 Å². The third-order valence-corrected chi connectivity index (χ3v) is 6.96. The van der Waals surface area contributed by atoms with E-state index in [4.69, 9.17) is 27.9 Å². The van der Waals surface area contributed by atoms with E-state index in [1.54, 1.807) is 30.3 Å². The Kier molecular flexibility index (Phi) is 6.71. The average Bonchev–Trinajstić information content (AvgIpc) is 3.03. The van der Waals surface area contributed by atoms with E-state index >= 15 is 0 Å². The van der Waals surface area contributed by atoms with E-state index in [0.29, 0.717) is 17.9 Å². The first-order chi connectivity index (χ1) is 14.2. The van der Waals surface area contributed by atoms with Gasteiger partial charge < -0.3 is 9.30 Å². The molecule has 0 bridgehead atoms. The second-order valence-electron chi connectivity index (χ2n) is 6.79. The van der Waals surface area contributed by atoms with Crippen molar-refractivity contribution >= 4 is 50.2 Å². The number of carbonyl (C=O) groups excluding carboxylic acids is 1. The molecule has 3 rings (SSSR count). The third-order valence-electron chi connectivity index (χ3n) is 4.52. The van der Waals surface area contributed by atoms with Crippen molar-refractivity contribution in [2.45, 2.75) is 31.4 Å². The summed E-state index contributed by atoms with van der Waals surface area (Å²) < 4.78 is 33.3. The highest BCUT2D eigenvalue weighted by Crippen LogP contribution is 2.26. The molecule has 2 aromatic carbocycles. The van der Waals surface area contributed by atoms with Gasteiger partial charge in [0.05, 0.1) is 31.5 Å². The Hall–Kier alpha value is -2.13. The zero-order valence-corrected chi connectivity index (χ0v) is 19.1. The molecule has 1 aromatic heterocycles.